The minimum absolute atomic E-state index is 0.0187. The van der Waals surface area contributed by atoms with Crippen LogP contribution in [0.25, 0.3) is 0 Å². The predicted octanol–water partition coefficient (Wildman–Crippen LogP) is 0.704. The van der Waals surface area contributed by atoms with Crippen molar-refractivity contribution in [2.45, 2.75) is 30.8 Å². The van der Waals surface area contributed by atoms with E-state index in [4.69, 9.17) is 0 Å². The van der Waals surface area contributed by atoms with Gasteiger partial charge in [0.05, 0.1) is 11.1 Å². The average Bonchev–Trinajstić information content (AvgIpc) is 3.08. The number of sulfonamides is 1. The molecule has 0 bridgehead atoms. The van der Waals surface area contributed by atoms with Crippen LogP contribution in [0, 0.1) is 13.8 Å². The lowest BCUT2D eigenvalue weighted by molar-refractivity contribution is 0.0485. The smallest absolute Gasteiger partial charge is 0.243 e. The first-order chi connectivity index (χ1) is 10.3. The van der Waals surface area contributed by atoms with E-state index in [1.807, 2.05) is 13.0 Å². The number of rotatable bonds is 3. The molecule has 1 aromatic heterocycles. The number of H-pyrrole nitrogens is 1. The second-order valence-corrected chi connectivity index (χ2v) is 7.65. The summed E-state index contributed by atoms with van der Waals surface area (Å²) in [5.41, 5.74) is 0.790. The molecule has 118 valence electrons. The van der Waals surface area contributed by atoms with Crippen molar-refractivity contribution in [1.29, 1.82) is 0 Å². The molecule has 2 heterocycles. The highest BCUT2D eigenvalue weighted by Gasteiger charge is 2.44. The maximum absolute atomic E-state index is 12.8. The lowest BCUT2D eigenvalue weighted by atomic mass is 10.0. The number of aryl methyl sites for hydroxylation is 2. The third-order valence-electron chi connectivity index (χ3n) is 4.05. The molecule has 1 unspecified atom stereocenters. The molecule has 1 aromatic carbocycles. The SMILES string of the molecule is Cc1ccc(S(=O)(=O)N2CCC(O)(c3cn[nH]n3)C2)c(C)c1. The van der Waals surface area contributed by atoms with E-state index in [2.05, 4.69) is 15.4 Å². The molecule has 0 saturated carbocycles. The van der Waals surface area contributed by atoms with Crippen LogP contribution in [0.4, 0.5) is 0 Å². The zero-order valence-corrected chi connectivity index (χ0v) is 13.3. The normalized spacial score (nSPS) is 23.0. The number of aliphatic hydroxyl groups is 1. The second kappa shape index (κ2) is 5.15. The number of benzene rings is 1. The zero-order valence-electron chi connectivity index (χ0n) is 12.4. The lowest BCUT2D eigenvalue weighted by Crippen LogP contribution is -2.35. The number of hydrogen-bond donors (Lipinski definition) is 2. The van der Waals surface area contributed by atoms with Crippen LogP contribution in [-0.4, -0.2) is 46.3 Å². The van der Waals surface area contributed by atoms with E-state index in [1.54, 1.807) is 19.1 Å². The Morgan fingerprint density at radius 2 is 2.14 bits per heavy atom. The van der Waals surface area contributed by atoms with Crippen molar-refractivity contribution < 1.29 is 13.5 Å². The first kappa shape index (κ1) is 15.1. The van der Waals surface area contributed by atoms with Crippen LogP contribution >= 0.6 is 0 Å². The minimum atomic E-state index is -3.63. The molecule has 0 aliphatic carbocycles. The number of nitrogens with zero attached hydrogens (tertiary/aromatic N) is 3. The summed E-state index contributed by atoms with van der Waals surface area (Å²) < 4.78 is 26.9. The van der Waals surface area contributed by atoms with Gasteiger partial charge in [0, 0.05) is 13.1 Å². The van der Waals surface area contributed by atoms with Crippen molar-refractivity contribution in [3.63, 3.8) is 0 Å². The van der Waals surface area contributed by atoms with E-state index >= 15 is 0 Å². The van der Waals surface area contributed by atoms with Crippen molar-refractivity contribution >= 4 is 10.0 Å². The fourth-order valence-corrected chi connectivity index (χ4v) is 4.53. The Kier molecular flexibility index (Phi) is 3.54. The summed E-state index contributed by atoms with van der Waals surface area (Å²) in [5.74, 6) is 0. The first-order valence-electron chi connectivity index (χ1n) is 6.99. The molecule has 1 fully saturated rings. The molecule has 0 radical (unpaired) electrons. The van der Waals surface area contributed by atoms with E-state index in [-0.39, 0.29) is 18.0 Å². The maximum Gasteiger partial charge on any atom is 0.243 e. The van der Waals surface area contributed by atoms with Gasteiger partial charge in [-0.3, -0.25) is 0 Å². The molecule has 0 spiro atoms. The van der Waals surface area contributed by atoms with Crippen molar-refractivity contribution in [2.75, 3.05) is 13.1 Å². The molecule has 3 rings (SSSR count). The van der Waals surface area contributed by atoms with Gasteiger partial charge >= 0.3 is 0 Å². The van der Waals surface area contributed by atoms with Crippen LogP contribution in [0.3, 0.4) is 0 Å². The largest absolute Gasteiger partial charge is 0.382 e. The van der Waals surface area contributed by atoms with Gasteiger partial charge in [0.15, 0.2) is 0 Å². The summed E-state index contributed by atoms with van der Waals surface area (Å²) >= 11 is 0. The summed E-state index contributed by atoms with van der Waals surface area (Å²) in [6.07, 6.45) is 1.72. The molecule has 1 saturated heterocycles. The summed E-state index contributed by atoms with van der Waals surface area (Å²) in [4.78, 5) is 0.280. The third-order valence-corrected chi connectivity index (χ3v) is 6.06. The highest BCUT2D eigenvalue weighted by atomic mass is 32.2. The zero-order chi connectivity index (χ0) is 16.0. The molecule has 2 N–H and O–H groups in total. The minimum Gasteiger partial charge on any atom is -0.382 e. The standard InChI is InChI=1S/C14H18N4O3S/c1-10-3-4-12(11(2)7-10)22(20,21)18-6-5-14(19,9-18)13-8-15-17-16-13/h3-4,7-8,19H,5-6,9H2,1-2H3,(H,15,16,17). The highest BCUT2D eigenvalue weighted by molar-refractivity contribution is 7.89. The van der Waals surface area contributed by atoms with Gasteiger partial charge in [0.2, 0.25) is 10.0 Å². The second-order valence-electron chi connectivity index (χ2n) is 5.74. The van der Waals surface area contributed by atoms with Gasteiger partial charge in [-0.05, 0) is 31.9 Å². The van der Waals surface area contributed by atoms with E-state index in [0.717, 1.165) is 5.56 Å². The van der Waals surface area contributed by atoms with Gasteiger partial charge < -0.3 is 5.11 Å². The predicted molar refractivity (Wildman–Crippen MR) is 79.6 cm³/mol. The molecule has 1 aliphatic rings. The van der Waals surface area contributed by atoms with Crippen LogP contribution in [0.2, 0.25) is 0 Å². The number of aromatic amines is 1. The Bertz CT molecular complexity index is 788. The summed E-state index contributed by atoms with van der Waals surface area (Å²) in [5, 5.41) is 20.6. The lowest BCUT2D eigenvalue weighted by Gasteiger charge is -2.21. The number of hydrogen-bond acceptors (Lipinski definition) is 5. The molecule has 2 aromatic rings. The van der Waals surface area contributed by atoms with Crippen LogP contribution < -0.4 is 0 Å². The summed E-state index contributed by atoms with van der Waals surface area (Å²) in [6.45, 7) is 3.93. The van der Waals surface area contributed by atoms with Crippen molar-refractivity contribution in [2.24, 2.45) is 0 Å². The Morgan fingerprint density at radius 3 is 2.77 bits per heavy atom. The van der Waals surface area contributed by atoms with Crippen molar-refractivity contribution in [3.8, 4) is 0 Å². The van der Waals surface area contributed by atoms with Gasteiger partial charge in [-0.25, -0.2) is 8.42 Å². The van der Waals surface area contributed by atoms with E-state index < -0.39 is 15.6 Å². The molecular weight excluding hydrogens is 304 g/mol. The Labute approximate surface area is 129 Å². The van der Waals surface area contributed by atoms with Crippen molar-refractivity contribution in [1.82, 2.24) is 19.7 Å². The maximum atomic E-state index is 12.8. The van der Waals surface area contributed by atoms with Crippen molar-refractivity contribution in [3.05, 3.63) is 41.2 Å². The highest BCUT2D eigenvalue weighted by Crippen LogP contribution is 2.34. The Balaban J connectivity index is 1.92. The van der Waals surface area contributed by atoms with Crippen LogP contribution in [-0.2, 0) is 15.6 Å². The van der Waals surface area contributed by atoms with Gasteiger partial charge in [0.1, 0.15) is 11.3 Å². The van der Waals surface area contributed by atoms with Gasteiger partial charge in [-0.15, -0.1) is 0 Å². The van der Waals surface area contributed by atoms with Crippen LogP contribution in [0.5, 0.6) is 0 Å². The van der Waals surface area contributed by atoms with Crippen LogP contribution in [0.15, 0.2) is 29.3 Å². The molecule has 7 nitrogen and oxygen atoms in total. The van der Waals surface area contributed by atoms with Gasteiger partial charge in [0.25, 0.3) is 0 Å². The molecule has 1 atom stereocenters. The Hall–Kier alpha value is -1.77. The van der Waals surface area contributed by atoms with E-state index in [1.165, 1.54) is 10.5 Å². The van der Waals surface area contributed by atoms with Gasteiger partial charge in [-0.2, -0.15) is 19.7 Å². The fraction of sp³-hybridized carbons (Fsp3) is 0.429. The topological polar surface area (TPSA) is 99.2 Å². The molecule has 1 aliphatic heterocycles. The number of β-amino-alcohol motifs (C(OH)–C–C–N with tert-alkyl or cyclic N) is 1. The third kappa shape index (κ3) is 2.43. The summed E-state index contributed by atoms with van der Waals surface area (Å²) in [6, 6.07) is 5.24. The van der Waals surface area contributed by atoms with E-state index in [9.17, 15) is 13.5 Å². The molecular formula is C14H18N4O3S. The van der Waals surface area contributed by atoms with E-state index in [0.29, 0.717) is 17.7 Å². The molecule has 8 heteroatoms. The first-order valence-corrected chi connectivity index (χ1v) is 8.43. The number of aromatic nitrogens is 3. The molecule has 0 amide bonds. The Morgan fingerprint density at radius 1 is 1.36 bits per heavy atom. The molecule has 22 heavy (non-hydrogen) atoms. The average molecular weight is 322 g/mol. The van der Waals surface area contributed by atoms with Gasteiger partial charge in [-0.1, -0.05) is 17.7 Å². The quantitative estimate of drug-likeness (QED) is 0.867. The summed E-state index contributed by atoms with van der Waals surface area (Å²) in [7, 11) is -3.63. The monoisotopic (exact) mass is 322 g/mol. The fourth-order valence-electron chi connectivity index (χ4n) is 2.83. The number of nitrogens with one attached hydrogen (secondary N) is 1. The van der Waals surface area contributed by atoms with Crippen LogP contribution in [0.1, 0.15) is 23.2 Å².